The maximum Gasteiger partial charge on any atom is 0.0487 e. The molecule has 0 N–H and O–H groups in total. The van der Waals surface area contributed by atoms with E-state index in [4.69, 9.17) is 0 Å². The molecule has 0 bridgehead atoms. The molecule has 3 heteroatoms. The third kappa shape index (κ3) is 135. The van der Waals surface area contributed by atoms with E-state index < -0.39 is 0 Å². The van der Waals surface area contributed by atoms with Crippen LogP contribution in [0.2, 0.25) is 0 Å². The fourth-order valence-electron chi connectivity index (χ4n) is 0. The zero-order valence-electron chi connectivity index (χ0n) is 6.47. The number of hydrogen-bond donors (Lipinski definition) is 0. The monoisotopic (exact) mass is 211 g/mol. The minimum Gasteiger partial charge on any atom is -0.358 e. The molecule has 0 fully saturated rings. The number of azo groups is 1. The van der Waals surface area contributed by atoms with Gasteiger partial charge in [-0.05, 0) is 0 Å². The second-order valence-electron chi connectivity index (χ2n) is 0.400. The zero-order chi connectivity index (χ0) is 5.41. The van der Waals surface area contributed by atoms with E-state index in [1.807, 2.05) is 13.8 Å². The van der Waals surface area contributed by atoms with Gasteiger partial charge in [0.25, 0.3) is 0 Å². The maximum absolute atomic E-state index is 3.36. The normalized spacial score (nSPS) is 4.89. The van der Waals surface area contributed by atoms with E-state index >= 15 is 0 Å². The molecule has 0 aromatic heterocycles. The van der Waals surface area contributed by atoms with Gasteiger partial charge in [-0.1, -0.05) is 21.3 Å². The van der Waals surface area contributed by atoms with Crippen LogP contribution in [0, 0.1) is 7.43 Å². The summed E-state index contributed by atoms with van der Waals surface area (Å²) >= 11 is 0. The van der Waals surface area contributed by atoms with Gasteiger partial charge >= 0.3 is 0 Å². The van der Waals surface area contributed by atoms with Crippen LogP contribution >= 0.6 is 0 Å². The number of rotatable bonds is 0. The van der Waals surface area contributed by atoms with Crippen LogP contribution in [0.15, 0.2) is 10.2 Å². The average Bonchev–Trinajstić information content (AvgIpc) is 1.72. The smallest absolute Gasteiger partial charge is 0.0487 e. The molecule has 0 saturated heterocycles. The van der Waals surface area contributed by atoms with Gasteiger partial charge in [-0.3, -0.25) is 0 Å². The Morgan fingerprint density at radius 3 is 1.11 bits per heavy atom. The summed E-state index contributed by atoms with van der Waals surface area (Å²) in [6.45, 7) is 4.00. The Morgan fingerprint density at radius 1 is 1.00 bits per heavy atom. The molecule has 2 nitrogen and oxygen atoms in total. The molecule has 1 radical (unpaired) electrons. The molecule has 0 spiro atoms. The molecule has 0 amide bonds. The standard InChI is InChI=1S/C2H6N2.C2H6.CH4.CH3.Y.H2/c1-3-4-2;1-2;;;;/h1-2H3;1-2H3;1H4;1H3;;1H/q;;;-1;;/i;;;;;1+1. The van der Waals surface area contributed by atoms with Gasteiger partial charge in [0.15, 0.2) is 0 Å². The quantitative estimate of drug-likeness (QED) is 0.434. The van der Waals surface area contributed by atoms with E-state index in [1.54, 1.807) is 14.1 Å². The summed E-state index contributed by atoms with van der Waals surface area (Å²) in [5.41, 5.74) is 0. The van der Waals surface area contributed by atoms with Crippen LogP contribution in [0.5, 0.6) is 0 Å². The molecule has 0 atom stereocenters. The van der Waals surface area contributed by atoms with Crippen molar-refractivity contribution in [1.29, 1.82) is 0 Å². The van der Waals surface area contributed by atoms with E-state index in [0.717, 1.165) is 0 Å². The molecule has 59 valence electrons. The predicted octanol–water partition coefficient (Wildman–Crippen LogP) is 3.05. The fraction of sp³-hybridized carbons (Fsp3) is 0.833. The minimum absolute atomic E-state index is 0. The van der Waals surface area contributed by atoms with Crippen LogP contribution in [0.4, 0.5) is 0 Å². The largest absolute Gasteiger partial charge is 0.358 e. The van der Waals surface area contributed by atoms with Crippen molar-refractivity contribution in [2.24, 2.45) is 10.2 Å². The molecule has 0 aliphatic carbocycles. The van der Waals surface area contributed by atoms with E-state index in [0.29, 0.717) is 0 Å². The molecule has 0 rings (SSSR count). The molecule has 0 saturated carbocycles. The Morgan fingerprint density at radius 2 is 1.11 bits per heavy atom. The first-order chi connectivity index (χ1) is 2.91. The summed E-state index contributed by atoms with van der Waals surface area (Å²) in [6, 6.07) is 0. The maximum atomic E-state index is 3.36. The van der Waals surface area contributed by atoms with Crippen molar-refractivity contribution >= 4 is 0 Å². The van der Waals surface area contributed by atoms with Crippen LogP contribution in [0.1, 0.15) is 22.7 Å². The summed E-state index contributed by atoms with van der Waals surface area (Å²) in [5.74, 6) is 0. The molecule has 9 heavy (non-hydrogen) atoms. The summed E-state index contributed by atoms with van der Waals surface area (Å²) < 4.78 is 0. The van der Waals surface area contributed by atoms with E-state index in [-0.39, 0.29) is 49.0 Å². The van der Waals surface area contributed by atoms with Gasteiger partial charge in [0.2, 0.25) is 0 Å². The molecule has 0 aromatic rings. The number of nitrogens with zero attached hydrogens (tertiary/aromatic N) is 2. The molecule has 0 aliphatic rings. The molecule has 0 aromatic carbocycles. The van der Waals surface area contributed by atoms with Crippen molar-refractivity contribution in [3.63, 3.8) is 0 Å². The van der Waals surface area contributed by atoms with Crippen molar-refractivity contribution < 1.29 is 34.1 Å². The first-order valence-corrected chi connectivity index (χ1v) is 2.09. The van der Waals surface area contributed by atoms with Gasteiger partial charge < -0.3 is 7.43 Å². The first kappa shape index (κ1) is 33.2. The Balaban J connectivity index is -0.00000000625. The van der Waals surface area contributed by atoms with Crippen molar-refractivity contribution in [2.75, 3.05) is 14.1 Å². The van der Waals surface area contributed by atoms with Crippen LogP contribution in [0.25, 0.3) is 0 Å². The summed E-state index contributed by atoms with van der Waals surface area (Å²) in [4.78, 5) is 0. The van der Waals surface area contributed by atoms with Gasteiger partial charge in [-0.25, -0.2) is 0 Å². The molecular weight excluding hydrogens is 189 g/mol. The second kappa shape index (κ2) is 70.7. The fourth-order valence-corrected chi connectivity index (χ4v) is 0. The zero-order valence-corrected chi connectivity index (χ0v) is 9.31. The third-order valence-corrected chi connectivity index (χ3v) is 0.200. The van der Waals surface area contributed by atoms with Gasteiger partial charge in [0, 0.05) is 48.2 Å². The van der Waals surface area contributed by atoms with Crippen molar-refractivity contribution in [2.45, 2.75) is 21.3 Å². The van der Waals surface area contributed by atoms with Gasteiger partial charge in [0.1, 0.15) is 0 Å². The molecule has 0 heterocycles. The van der Waals surface area contributed by atoms with Crippen LogP contribution in [-0.2, 0) is 32.7 Å². The average molecular weight is 211 g/mol. The van der Waals surface area contributed by atoms with E-state index in [2.05, 4.69) is 10.2 Å². The predicted molar refractivity (Wildman–Crippen MR) is 43.3 cm³/mol. The van der Waals surface area contributed by atoms with Gasteiger partial charge in [-0.2, -0.15) is 10.2 Å². The SMILES string of the molecule is C.CC.CN=NC.[2HH].[CH3-].[Y]. The Labute approximate surface area is 86.9 Å². The summed E-state index contributed by atoms with van der Waals surface area (Å²) in [5, 5.41) is 6.72. The van der Waals surface area contributed by atoms with Crippen LogP contribution in [-0.4, -0.2) is 14.1 Å². The Bertz CT molecular complexity index is 30.9. The van der Waals surface area contributed by atoms with Gasteiger partial charge in [0.05, 0.1) is 0 Å². The first-order valence-electron chi connectivity index (χ1n) is 2.09. The Hall–Kier alpha value is 0.704. The van der Waals surface area contributed by atoms with Gasteiger partial charge in [-0.15, -0.1) is 0 Å². The van der Waals surface area contributed by atoms with Crippen molar-refractivity contribution in [3.8, 4) is 0 Å². The summed E-state index contributed by atoms with van der Waals surface area (Å²) in [7, 11) is 3.28. The van der Waals surface area contributed by atoms with Crippen molar-refractivity contribution in [1.82, 2.24) is 0 Å². The van der Waals surface area contributed by atoms with Crippen LogP contribution in [0.3, 0.4) is 0 Å². The second-order valence-corrected chi connectivity index (χ2v) is 0.400. The van der Waals surface area contributed by atoms with Crippen LogP contribution < -0.4 is 0 Å². The molecular formula is C6H21N2Y-. The molecule has 0 unspecified atom stereocenters. The summed E-state index contributed by atoms with van der Waals surface area (Å²) in [6.07, 6.45) is 0. The topological polar surface area (TPSA) is 24.7 Å². The minimum atomic E-state index is 0. The molecule has 0 aliphatic heterocycles. The third-order valence-electron chi connectivity index (χ3n) is 0.200. The Kier molecular flexibility index (Phi) is 261. The van der Waals surface area contributed by atoms with E-state index in [9.17, 15) is 0 Å². The van der Waals surface area contributed by atoms with Crippen molar-refractivity contribution in [3.05, 3.63) is 7.43 Å². The van der Waals surface area contributed by atoms with E-state index in [1.165, 1.54) is 0 Å². The number of hydrogen-bond acceptors (Lipinski definition) is 2.